The average molecular weight is 164 g/mol. The van der Waals surface area contributed by atoms with E-state index in [0.717, 1.165) is 0 Å². The first kappa shape index (κ1) is 8.17. The van der Waals surface area contributed by atoms with Crippen LogP contribution in [0.5, 0.6) is 0 Å². The molecule has 0 aromatic heterocycles. The predicted octanol–water partition coefficient (Wildman–Crippen LogP) is 0.128. The van der Waals surface area contributed by atoms with Crippen LogP contribution in [0.1, 0.15) is 6.92 Å². The summed E-state index contributed by atoms with van der Waals surface area (Å²) in [5.74, 6) is 1.33. The molecule has 4 heteroatoms. The van der Waals surface area contributed by atoms with Crippen molar-refractivity contribution in [1.29, 1.82) is 0 Å². The van der Waals surface area contributed by atoms with Crippen LogP contribution in [0.4, 0.5) is 0 Å². The van der Waals surface area contributed by atoms with Crippen molar-refractivity contribution in [3.63, 3.8) is 0 Å². The molecule has 0 spiro atoms. The molecule has 3 nitrogen and oxygen atoms in total. The number of hydrogen-bond acceptors (Lipinski definition) is 3. The maximum absolute atomic E-state index is 10.9. The highest BCUT2D eigenvalue weighted by Gasteiger charge is 2.17. The van der Waals surface area contributed by atoms with E-state index in [2.05, 4.69) is 0 Å². The maximum atomic E-state index is 10.9. The van der Waals surface area contributed by atoms with E-state index >= 15 is 0 Å². The summed E-state index contributed by atoms with van der Waals surface area (Å²) in [4.78, 5) is 0. The van der Waals surface area contributed by atoms with E-state index in [-0.39, 0.29) is 6.10 Å². The fourth-order valence-corrected chi connectivity index (χ4v) is 1.64. The third kappa shape index (κ3) is 2.36. The lowest BCUT2D eigenvalue weighted by atomic mass is 10.4. The zero-order chi connectivity index (χ0) is 7.40. The molecule has 0 radical (unpaired) electrons. The maximum Gasteiger partial charge on any atom is 0.147 e. The van der Waals surface area contributed by atoms with Gasteiger partial charge in [0.05, 0.1) is 18.5 Å². The van der Waals surface area contributed by atoms with Crippen molar-refractivity contribution < 1.29 is 13.7 Å². The van der Waals surface area contributed by atoms with Crippen molar-refractivity contribution in [2.45, 2.75) is 13.0 Å². The monoisotopic (exact) mass is 164 g/mol. The van der Waals surface area contributed by atoms with Gasteiger partial charge in [-0.3, -0.25) is 4.21 Å². The summed E-state index contributed by atoms with van der Waals surface area (Å²) in [6, 6.07) is 0. The summed E-state index contributed by atoms with van der Waals surface area (Å²) < 4.78 is 21.0. The second-order valence-corrected chi connectivity index (χ2v) is 3.96. The molecular formula is C6H12O3S. The van der Waals surface area contributed by atoms with Crippen molar-refractivity contribution in [3.05, 3.63) is 0 Å². The topological polar surface area (TPSA) is 35.5 Å². The molecule has 1 rings (SSSR count). The van der Waals surface area contributed by atoms with Gasteiger partial charge in [0.15, 0.2) is 0 Å². The molecule has 0 aromatic carbocycles. The Morgan fingerprint density at radius 1 is 1.70 bits per heavy atom. The Hall–Kier alpha value is 0.0700. The Morgan fingerprint density at radius 3 is 3.00 bits per heavy atom. The summed E-state index contributed by atoms with van der Waals surface area (Å²) in [6.45, 7) is 2.88. The molecule has 1 aliphatic rings. The molecule has 1 fully saturated rings. The molecule has 60 valence electrons. The standard InChI is InChI=1S/C6H12O3S/c1-2-10(7)4-6-3-8-5-9-6/h6H,2-5H2,1H3. The molecule has 0 amide bonds. The minimum absolute atomic E-state index is 0.0702. The van der Waals surface area contributed by atoms with Crippen LogP contribution in [0.25, 0.3) is 0 Å². The minimum atomic E-state index is -0.722. The quantitative estimate of drug-likeness (QED) is 0.594. The van der Waals surface area contributed by atoms with Crippen molar-refractivity contribution >= 4 is 10.8 Å². The van der Waals surface area contributed by atoms with Crippen molar-refractivity contribution in [1.82, 2.24) is 0 Å². The Morgan fingerprint density at radius 2 is 2.50 bits per heavy atom. The Kier molecular flexibility index (Phi) is 3.31. The van der Waals surface area contributed by atoms with E-state index in [1.165, 1.54) is 0 Å². The molecule has 1 aliphatic heterocycles. The number of ether oxygens (including phenoxy) is 2. The van der Waals surface area contributed by atoms with Gasteiger partial charge in [0.1, 0.15) is 6.79 Å². The van der Waals surface area contributed by atoms with E-state index in [0.29, 0.717) is 24.9 Å². The van der Waals surface area contributed by atoms with Crippen LogP contribution < -0.4 is 0 Å². The third-order valence-electron chi connectivity index (χ3n) is 1.38. The molecule has 1 saturated heterocycles. The van der Waals surface area contributed by atoms with Gasteiger partial charge in [-0.1, -0.05) is 6.92 Å². The lowest BCUT2D eigenvalue weighted by Crippen LogP contribution is -2.19. The lowest BCUT2D eigenvalue weighted by Gasteiger charge is -2.04. The summed E-state index contributed by atoms with van der Waals surface area (Å²) in [5, 5.41) is 0. The molecular weight excluding hydrogens is 152 g/mol. The van der Waals surface area contributed by atoms with E-state index < -0.39 is 10.8 Å². The SMILES string of the molecule is CCS(=O)CC1COCO1. The fourth-order valence-electron chi connectivity index (χ4n) is 0.793. The third-order valence-corrected chi connectivity index (χ3v) is 2.77. The molecule has 0 N–H and O–H groups in total. The van der Waals surface area contributed by atoms with Gasteiger partial charge in [0, 0.05) is 16.6 Å². The summed E-state index contributed by atoms with van der Waals surface area (Å²) in [7, 11) is -0.722. The lowest BCUT2D eigenvalue weighted by molar-refractivity contribution is 0.0523. The smallest absolute Gasteiger partial charge is 0.147 e. The van der Waals surface area contributed by atoms with Gasteiger partial charge in [0.2, 0.25) is 0 Å². The van der Waals surface area contributed by atoms with Crippen molar-refractivity contribution in [2.24, 2.45) is 0 Å². The van der Waals surface area contributed by atoms with E-state index in [1.54, 1.807) is 0 Å². The van der Waals surface area contributed by atoms with Crippen LogP contribution in [-0.2, 0) is 20.3 Å². The van der Waals surface area contributed by atoms with Gasteiger partial charge < -0.3 is 9.47 Å². The molecule has 2 unspecified atom stereocenters. The minimum Gasteiger partial charge on any atom is -0.353 e. The average Bonchev–Trinajstić information content (AvgIpc) is 2.40. The van der Waals surface area contributed by atoms with Gasteiger partial charge in [-0.2, -0.15) is 0 Å². The van der Waals surface area contributed by atoms with Crippen LogP contribution in [0.3, 0.4) is 0 Å². The Balaban J connectivity index is 2.17. The Bertz CT molecular complexity index is 120. The molecule has 1 heterocycles. The zero-order valence-electron chi connectivity index (χ0n) is 6.04. The summed E-state index contributed by atoms with van der Waals surface area (Å²) >= 11 is 0. The number of hydrogen-bond donors (Lipinski definition) is 0. The molecule has 2 atom stereocenters. The van der Waals surface area contributed by atoms with Crippen molar-refractivity contribution in [3.8, 4) is 0 Å². The highest BCUT2D eigenvalue weighted by atomic mass is 32.2. The summed E-state index contributed by atoms with van der Waals surface area (Å²) in [6.07, 6.45) is 0.0702. The molecule has 0 saturated carbocycles. The van der Waals surface area contributed by atoms with Crippen molar-refractivity contribution in [2.75, 3.05) is 24.9 Å². The second-order valence-electron chi connectivity index (χ2n) is 2.17. The molecule has 0 aliphatic carbocycles. The van der Waals surface area contributed by atoms with Crippen LogP contribution in [0.2, 0.25) is 0 Å². The molecule has 0 aromatic rings. The fraction of sp³-hybridized carbons (Fsp3) is 1.00. The van der Waals surface area contributed by atoms with Crippen LogP contribution in [0.15, 0.2) is 0 Å². The van der Waals surface area contributed by atoms with Gasteiger partial charge >= 0.3 is 0 Å². The van der Waals surface area contributed by atoms with Gasteiger partial charge in [-0.25, -0.2) is 0 Å². The number of rotatable bonds is 3. The second kappa shape index (κ2) is 4.05. The molecule has 0 bridgehead atoms. The van der Waals surface area contributed by atoms with Gasteiger partial charge in [-0.15, -0.1) is 0 Å². The van der Waals surface area contributed by atoms with Gasteiger partial charge in [0.25, 0.3) is 0 Å². The van der Waals surface area contributed by atoms with E-state index in [1.807, 2.05) is 6.92 Å². The zero-order valence-corrected chi connectivity index (χ0v) is 6.86. The normalized spacial score (nSPS) is 28.7. The van der Waals surface area contributed by atoms with Crippen LogP contribution in [0, 0.1) is 0 Å². The predicted molar refractivity (Wildman–Crippen MR) is 39.2 cm³/mol. The Labute approximate surface area is 63.2 Å². The van der Waals surface area contributed by atoms with Crippen LogP contribution >= 0.6 is 0 Å². The highest BCUT2D eigenvalue weighted by molar-refractivity contribution is 7.84. The first-order valence-electron chi connectivity index (χ1n) is 3.37. The first-order chi connectivity index (χ1) is 4.83. The van der Waals surface area contributed by atoms with E-state index in [4.69, 9.17) is 9.47 Å². The van der Waals surface area contributed by atoms with Gasteiger partial charge in [-0.05, 0) is 0 Å². The van der Waals surface area contributed by atoms with Crippen LogP contribution in [-0.4, -0.2) is 35.2 Å². The van der Waals surface area contributed by atoms with E-state index in [9.17, 15) is 4.21 Å². The highest BCUT2D eigenvalue weighted by Crippen LogP contribution is 2.03. The largest absolute Gasteiger partial charge is 0.353 e. The first-order valence-corrected chi connectivity index (χ1v) is 4.86. The summed E-state index contributed by atoms with van der Waals surface area (Å²) in [5.41, 5.74) is 0. The molecule has 10 heavy (non-hydrogen) atoms.